The first-order chi connectivity index (χ1) is 7.90. The molecule has 3 rings (SSSR count). The third-order valence-electron chi connectivity index (χ3n) is 3.25. The summed E-state index contributed by atoms with van der Waals surface area (Å²) in [6.07, 6.45) is 4.63. The molecule has 2 unspecified atom stereocenters. The number of nitrogens with zero attached hydrogens (tertiary/aromatic N) is 1. The van der Waals surface area contributed by atoms with Gasteiger partial charge >= 0.3 is 0 Å². The van der Waals surface area contributed by atoms with E-state index >= 15 is 0 Å². The Kier molecular flexibility index (Phi) is 2.26. The van der Waals surface area contributed by atoms with Gasteiger partial charge in [0.15, 0.2) is 0 Å². The number of aliphatic hydroxyl groups excluding tert-OH is 1. The van der Waals surface area contributed by atoms with E-state index in [4.69, 9.17) is 5.11 Å². The number of anilines is 1. The SMILES string of the molecule is OCCC1=NC=CC2c3ccccc3NC12. The highest BCUT2D eigenvalue weighted by Crippen LogP contribution is 2.39. The van der Waals surface area contributed by atoms with Crippen LogP contribution in [0, 0.1) is 0 Å². The van der Waals surface area contributed by atoms with Gasteiger partial charge in [-0.1, -0.05) is 24.3 Å². The molecule has 2 aliphatic heterocycles. The van der Waals surface area contributed by atoms with E-state index in [2.05, 4.69) is 34.6 Å². The smallest absolute Gasteiger partial charge is 0.0751 e. The van der Waals surface area contributed by atoms with E-state index in [1.165, 1.54) is 11.3 Å². The first kappa shape index (κ1) is 9.60. The second-order valence-corrected chi connectivity index (χ2v) is 4.17. The summed E-state index contributed by atoms with van der Waals surface area (Å²) in [5.41, 5.74) is 3.56. The zero-order valence-corrected chi connectivity index (χ0v) is 8.93. The van der Waals surface area contributed by atoms with Crippen LogP contribution in [-0.2, 0) is 0 Å². The molecule has 0 aliphatic carbocycles. The zero-order chi connectivity index (χ0) is 11.0. The first-order valence-corrected chi connectivity index (χ1v) is 5.59. The van der Waals surface area contributed by atoms with E-state index in [0.29, 0.717) is 12.3 Å². The van der Waals surface area contributed by atoms with E-state index in [0.717, 1.165) is 5.71 Å². The third kappa shape index (κ3) is 1.36. The fourth-order valence-corrected chi connectivity index (χ4v) is 2.51. The lowest BCUT2D eigenvalue weighted by Crippen LogP contribution is -2.32. The standard InChI is InChI=1S/C13H14N2O/c16-8-6-12-13-10(5-7-14-12)9-3-1-2-4-11(9)15-13/h1-5,7,10,13,15-16H,6,8H2. The Hall–Kier alpha value is -1.61. The molecule has 0 spiro atoms. The van der Waals surface area contributed by atoms with E-state index < -0.39 is 0 Å². The molecule has 3 nitrogen and oxygen atoms in total. The van der Waals surface area contributed by atoms with Gasteiger partial charge in [-0.2, -0.15) is 0 Å². The predicted molar refractivity (Wildman–Crippen MR) is 64.9 cm³/mol. The van der Waals surface area contributed by atoms with Gasteiger partial charge in [0.25, 0.3) is 0 Å². The van der Waals surface area contributed by atoms with E-state index in [-0.39, 0.29) is 12.6 Å². The molecule has 2 aliphatic rings. The molecule has 0 fully saturated rings. The fraction of sp³-hybridized carbons (Fsp3) is 0.308. The fourth-order valence-electron chi connectivity index (χ4n) is 2.51. The summed E-state index contributed by atoms with van der Waals surface area (Å²) in [5, 5.41) is 12.5. The van der Waals surface area contributed by atoms with Crippen LogP contribution in [0.2, 0.25) is 0 Å². The molecule has 16 heavy (non-hydrogen) atoms. The number of nitrogens with one attached hydrogen (secondary N) is 1. The summed E-state index contributed by atoms with van der Waals surface area (Å²) in [4.78, 5) is 4.36. The van der Waals surface area contributed by atoms with Gasteiger partial charge in [0.1, 0.15) is 0 Å². The highest BCUT2D eigenvalue weighted by atomic mass is 16.3. The maximum absolute atomic E-state index is 9.02. The number of hydrogen-bond donors (Lipinski definition) is 2. The summed E-state index contributed by atoms with van der Waals surface area (Å²) >= 11 is 0. The van der Waals surface area contributed by atoms with E-state index in [1.807, 2.05) is 12.3 Å². The average molecular weight is 214 g/mol. The molecule has 0 radical (unpaired) electrons. The zero-order valence-electron chi connectivity index (χ0n) is 8.93. The Balaban J connectivity index is 1.97. The summed E-state index contributed by atoms with van der Waals surface area (Å²) in [6.45, 7) is 0.161. The van der Waals surface area contributed by atoms with Crippen molar-refractivity contribution in [3.63, 3.8) is 0 Å². The molecule has 0 bridgehead atoms. The van der Waals surface area contributed by atoms with E-state index in [9.17, 15) is 0 Å². The van der Waals surface area contributed by atoms with Crippen LogP contribution in [0.3, 0.4) is 0 Å². The van der Waals surface area contributed by atoms with E-state index in [1.54, 1.807) is 0 Å². The van der Waals surface area contributed by atoms with Crippen LogP contribution in [-0.4, -0.2) is 23.5 Å². The Morgan fingerprint density at radius 2 is 2.19 bits per heavy atom. The Morgan fingerprint density at radius 3 is 3.06 bits per heavy atom. The number of para-hydroxylation sites is 1. The summed E-state index contributed by atoms with van der Waals surface area (Å²) in [7, 11) is 0. The van der Waals surface area contributed by atoms with Gasteiger partial charge in [-0.05, 0) is 11.6 Å². The number of rotatable bonds is 2. The molecule has 0 saturated carbocycles. The van der Waals surface area contributed by atoms with Gasteiger partial charge in [-0.3, -0.25) is 4.99 Å². The monoisotopic (exact) mass is 214 g/mol. The van der Waals surface area contributed by atoms with Gasteiger partial charge in [0, 0.05) is 36.5 Å². The Bertz CT molecular complexity index is 465. The minimum atomic E-state index is 0.161. The van der Waals surface area contributed by atoms with Gasteiger partial charge in [-0.15, -0.1) is 0 Å². The van der Waals surface area contributed by atoms with Crippen molar-refractivity contribution in [3.8, 4) is 0 Å². The normalized spacial score (nSPS) is 25.7. The Labute approximate surface area is 94.5 Å². The maximum atomic E-state index is 9.02. The molecule has 82 valence electrons. The molecule has 1 aromatic rings. The second kappa shape index (κ2) is 3.76. The number of hydrogen-bond acceptors (Lipinski definition) is 3. The van der Waals surface area contributed by atoms with Crippen molar-refractivity contribution in [2.75, 3.05) is 11.9 Å². The quantitative estimate of drug-likeness (QED) is 0.790. The lowest BCUT2D eigenvalue weighted by atomic mass is 9.90. The molecular weight excluding hydrogens is 200 g/mol. The largest absolute Gasteiger partial charge is 0.396 e. The first-order valence-electron chi connectivity index (χ1n) is 5.59. The van der Waals surface area contributed by atoms with Crippen molar-refractivity contribution in [1.29, 1.82) is 0 Å². The number of benzene rings is 1. The van der Waals surface area contributed by atoms with Gasteiger partial charge in [0.2, 0.25) is 0 Å². The van der Waals surface area contributed by atoms with Crippen LogP contribution in [0.1, 0.15) is 17.9 Å². The van der Waals surface area contributed by atoms with Crippen molar-refractivity contribution < 1.29 is 5.11 Å². The van der Waals surface area contributed by atoms with Gasteiger partial charge in [0.05, 0.1) is 6.04 Å². The van der Waals surface area contributed by atoms with Crippen LogP contribution in [0.4, 0.5) is 5.69 Å². The minimum Gasteiger partial charge on any atom is -0.396 e. The summed E-state index contributed by atoms with van der Waals surface area (Å²) in [5.74, 6) is 0.371. The third-order valence-corrected chi connectivity index (χ3v) is 3.25. The topological polar surface area (TPSA) is 44.6 Å². The highest BCUT2D eigenvalue weighted by Gasteiger charge is 2.34. The summed E-state index contributed by atoms with van der Waals surface area (Å²) in [6, 6.07) is 8.58. The molecule has 2 heterocycles. The van der Waals surface area contributed by atoms with Crippen molar-refractivity contribution >= 4 is 11.4 Å². The van der Waals surface area contributed by atoms with Gasteiger partial charge < -0.3 is 10.4 Å². The molecule has 2 N–H and O–H groups in total. The number of aliphatic hydroxyl groups is 1. The average Bonchev–Trinajstić information content (AvgIpc) is 2.69. The molecule has 1 aromatic carbocycles. The lowest BCUT2D eigenvalue weighted by molar-refractivity contribution is 0.306. The van der Waals surface area contributed by atoms with Crippen molar-refractivity contribution in [3.05, 3.63) is 42.1 Å². The minimum absolute atomic E-state index is 0.161. The predicted octanol–water partition coefficient (Wildman–Crippen LogP) is 1.92. The molecule has 0 amide bonds. The molecular formula is C13H14N2O. The van der Waals surface area contributed by atoms with Gasteiger partial charge in [-0.25, -0.2) is 0 Å². The van der Waals surface area contributed by atoms with Crippen LogP contribution in [0.15, 0.2) is 41.5 Å². The number of aliphatic imine (C=N–C) groups is 1. The molecule has 2 atom stereocenters. The van der Waals surface area contributed by atoms with Crippen LogP contribution >= 0.6 is 0 Å². The summed E-state index contributed by atoms with van der Waals surface area (Å²) < 4.78 is 0. The Morgan fingerprint density at radius 1 is 1.31 bits per heavy atom. The second-order valence-electron chi connectivity index (χ2n) is 4.17. The number of fused-ring (bicyclic) bond motifs is 3. The molecule has 0 saturated heterocycles. The maximum Gasteiger partial charge on any atom is 0.0751 e. The lowest BCUT2D eigenvalue weighted by Gasteiger charge is -2.22. The van der Waals surface area contributed by atoms with Crippen molar-refractivity contribution in [2.24, 2.45) is 4.99 Å². The molecule has 3 heteroatoms. The van der Waals surface area contributed by atoms with Crippen molar-refractivity contribution in [1.82, 2.24) is 0 Å². The van der Waals surface area contributed by atoms with Crippen LogP contribution in [0.25, 0.3) is 0 Å². The highest BCUT2D eigenvalue weighted by molar-refractivity contribution is 5.96. The molecule has 0 aromatic heterocycles. The van der Waals surface area contributed by atoms with Crippen LogP contribution in [0.5, 0.6) is 0 Å². The van der Waals surface area contributed by atoms with Crippen molar-refractivity contribution in [2.45, 2.75) is 18.4 Å². The van der Waals surface area contributed by atoms with Crippen LogP contribution < -0.4 is 5.32 Å².